The van der Waals surface area contributed by atoms with Gasteiger partial charge < -0.3 is 10.1 Å². The fourth-order valence-electron chi connectivity index (χ4n) is 2.84. The van der Waals surface area contributed by atoms with Crippen molar-refractivity contribution in [2.45, 2.75) is 25.9 Å². The first-order chi connectivity index (χ1) is 13.5. The molecular formula is C21H21N3O4. The van der Waals surface area contributed by atoms with Crippen molar-refractivity contribution in [3.05, 3.63) is 76.2 Å². The molecule has 2 atom stereocenters. The van der Waals surface area contributed by atoms with E-state index in [-0.39, 0.29) is 11.6 Å². The molecule has 0 fully saturated rings. The predicted molar refractivity (Wildman–Crippen MR) is 105 cm³/mol. The number of aromatic nitrogens is 2. The second kappa shape index (κ2) is 8.47. The molecule has 0 aliphatic heterocycles. The van der Waals surface area contributed by atoms with Crippen molar-refractivity contribution in [2.24, 2.45) is 0 Å². The van der Waals surface area contributed by atoms with E-state index < -0.39 is 23.5 Å². The van der Waals surface area contributed by atoms with Crippen molar-refractivity contribution in [1.82, 2.24) is 15.5 Å². The Morgan fingerprint density at radius 2 is 1.68 bits per heavy atom. The average molecular weight is 379 g/mol. The number of benzene rings is 2. The Bertz CT molecular complexity index is 1050. The SMILES string of the molecule is C[C@H](OC(=O)c1n[nH]c(=O)c2ccccc12)C(=O)NC[C@H](C)c1ccccc1. The van der Waals surface area contributed by atoms with Crippen LogP contribution in [0.25, 0.3) is 10.8 Å². The van der Waals surface area contributed by atoms with Crippen molar-refractivity contribution in [3.8, 4) is 0 Å². The molecule has 3 rings (SSSR count). The van der Waals surface area contributed by atoms with E-state index in [4.69, 9.17) is 4.74 Å². The first-order valence-electron chi connectivity index (χ1n) is 8.98. The van der Waals surface area contributed by atoms with Gasteiger partial charge in [-0.25, -0.2) is 9.89 Å². The van der Waals surface area contributed by atoms with Crippen molar-refractivity contribution in [1.29, 1.82) is 0 Å². The van der Waals surface area contributed by atoms with E-state index in [1.807, 2.05) is 37.3 Å². The van der Waals surface area contributed by atoms with E-state index in [2.05, 4.69) is 15.5 Å². The van der Waals surface area contributed by atoms with E-state index in [1.165, 1.54) is 6.92 Å². The van der Waals surface area contributed by atoms with Crippen LogP contribution in [0.3, 0.4) is 0 Å². The molecule has 0 spiro atoms. The second-order valence-electron chi connectivity index (χ2n) is 6.55. The Kier molecular flexibility index (Phi) is 5.84. The van der Waals surface area contributed by atoms with Crippen LogP contribution >= 0.6 is 0 Å². The van der Waals surface area contributed by atoms with Crippen molar-refractivity contribution in [3.63, 3.8) is 0 Å². The number of nitrogens with zero attached hydrogens (tertiary/aromatic N) is 1. The number of aromatic amines is 1. The van der Waals surface area contributed by atoms with Crippen molar-refractivity contribution < 1.29 is 14.3 Å². The van der Waals surface area contributed by atoms with Crippen LogP contribution in [0.15, 0.2) is 59.4 Å². The third kappa shape index (κ3) is 4.25. The standard InChI is InChI=1S/C21H21N3O4/c1-13(15-8-4-3-5-9-15)12-22-19(25)14(2)28-21(27)18-16-10-6-7-11-17(16)20(26)24-23-18/h3-11,13-14H,12H2,1-2H3,(H,22,25)(H,24,26)/t13-,14-/m0/s1. The summed E-state index contributed by atoms with van der Waals surface area (Å²) in [6.45, 7) is 3.92. The van der Waals surface area contributed by atoms with Gasteiger partial charge in [0.05, 0.1) is 5.39 Å². The minimum atomic E-state index is -0.997. The van der Waals surface area contributed by atoms with Gasteiger partial charge in [-0.05, 0) is 24.5 Å². The molecule has 0 aliphatic rings. The number of ether oxygens (including phenoxy) is 1. The third-order valence-electron chi connectivity index (χ3n) is 4.49. The zero-order valence-electron chi connectivity index (χ0n) is 15.6. The molecule has 144 valence electrons. The smallest absolute Gasteiger partial charge is 0.360 e. The minimum absolute atomic E-state index is 0.0347. The number of amides is 1. The van der Waals surface area contributed by atoms with Gasteiger partial charge in [0.2, 0.25) is 0 Å². The molecular weight excluding hydrogens is 358 g/mol. The van der Waals surface area contributed by atoms with Gasteiger partial charge in [0.15, 0.2) is 11.8 Å². The summed E-state index contributed by atoms with van der Waals surface area (Å²) >= 11 is 0. The summed E-state index contributed by atoms with van der Waals surface area (Å²) in [6.07, 6.45) is -0.997. The van der Waals surface area contributed by atoms with Crippen molar-refractivity contribution in [2.75, 3.05) is 6.54 Å². The molecule has 0 saturated carbocycles. The maximum atomic E-state index is 12.5. The molecule has 28 heavy (non-hydrogen) atoms. The lowest BCUT2D eigenvalue weighted by Crippen LogP contribution is -2.37. The average Bonchev–Trinajstić information content (AvgIpc) is 2.72. The molecule has 0 aliphatic carbocycles. The highest BCUT2D eigenvalue weighted by Crippen LogP contribution is 2.15. The van der Waals surface area contributed by atoms with Gasteiger partial charge >= 0.3 is 5.97 Å². The number of carbonyl (C=O) groups excluding carboxylic acids is 2. The lowest BCUT2D eigenvalue weighted by Gasteiger charge is -2.16. The monoisotopic (exact) mass is 379 g/mol. The predicted octanol–water partition coefficient (Wildman–Crippen LogP) is 2.39. The summed E-state index contributed by atoms with van der Waals surface area (Å²) in [5, 5.41) is 9.56. The molecule has 7 heteroatoms. The maximum absolute atomic E-state index is 12.5. The van der Waals surface area contributed by atoms with Crippen LogP contribution in [0, 0.1) is 0 Å². The Morgan fingerprint density at radius 3 is 2.39 bits per heavy atom. The summed E-state index contributed by atoms with van der Waals surface area (Å²) in [5.74, 6) is -1.05. The van der Waals surface area contributed by atoms with E-state index in [1.54, 1.807) is 24.3 Å². The minimum Gasteiger partial charge on any atom is -0.448 e. The lowest BCUT2D eigenvalue weighted by atomic mass is 10.0. The van der Waals surface area contributed by atoms with Gasteiger partial charge in [0, 0.05) is 11.9 Å². The Hall–Kier alpha value is -3.48. The highest BCUT2D eigenvalue weighted by atomic mass is 16.5. The molecule has 0 unspecified atom stereocenters. The topological polar surface area (TPSA) is 101 Å². The number of hydrogen-bond acceptors (Lipinski definition) is 5. The zero-order valence-corrected chi connectivity index (χ0v) is 15.6. The van der Waals surface area contributed by atoms with Crippen LogP contribution in [0.2, 0.25) is 0 Å². The highest BCUT2D eigenvalue weighted by molar-refractivity contribution is 6.02. The molecule has 3 aromatic rings. The lowest BCUT2D eigenvalue weighted by molar-refractivity contribution is -0.129. The van der Waals surface area contributed by atoms with Crippen molar-refractivity contribution >= 4 is 22.6 Å². The summed E-state index contributed by atoms with van der Waals surface area (Å²) in [5.41, 5.74) is 0.678. The van der Waals surface area contributed by atoms with Gasteiger partial charge in [-0.2, -0.15) is 5.10 Å². The number of H-pyrrole nitrogens is 1. The molecule has 2 N–H and O–H groups in total. The number of carbonyl (C=O) groups is 2. The largest absolute Gasteiger partial charge is 0.448 e. The fourth-order valence-corrected chi connectivity index (χ4v) is 2.84. The quantitative estimate of drug-likeness (QED) is 0.641. The van der Waals surface area contributed by atoms with Crippen LogP contribution in [-0.2, 0) is 9.53 Å². The first kappa shape index (κ1) is 19.3. The third-order valence-corrected chi connectivity index (χ3v) is 4.49. The number of hydrogen-bond donors (Lipinski definition) is 2. The van der Waals surface area contributed by atoms with Crippen LogP contribution in [-0.4, -0.2) is 34.7 Å². The number of nitrogens with one attached hydrogen (secondary N) is 2. The van der Waals surface area contributed by atoms with Gasteiger partial charge in [-0.3, -0.25) is 9.59 Å². The number of fused-ring (bicyclic) bond motifs is 1. The molecule has 1 heterocycles. The Balaban J connectivity index is 1.63. The van der Waals surface area contributed by atoms with Crippen LogP contribution in [0.1, 0.15) is 35.8 Å². The normalized spacial score (nSPS) is 12.9. The maximum Gasteiger partial charge on any atom is 0.360 e. The summed E-state index contributed by atoms with van der Waals surface area (Å²) < 4.78 is 5.25. The van der Waals surface area contributed by atoms with E-state index in [0.717, 1.165) is 5.56 Å². The zero-order chi connectivity index (χ0) is 20.1. The number of esters is 1. The molecule has 0 bridgehead atoms. The van der Waals surface area contributed by atoms with E-state index in [9.17, 15) is 14.4 Å². The fraction of sp³-hybridized carbons (Fsp3) is 0.238. The van der Waals surface area contributed by atoms with Crippen LogP contribution in [0.4, 0.5) is 0 Å². The molecule has 1 amide bonds. The van der Waals surface area contributed by atoms with E-state index >= 15 is 0 Å². The van der Waals surface area contributed by atoms with Gasteiger partial charge in [0.25, 0.3) is 11.5 Å². The second-order valence-corrected chi connectivity index (χ2v) is 6.55. The van der Waals surface area contributed by atoms with Crippen LogP contribution in [0.5, 0.6) is 0 Å². The summed E-state index contributed by atoms with van der Waals surface area (Å²) in [4.78, 5) is 36.6. The highest BCUT2D eigenvalue weighted by Gasteiger charge is 2.22. The Morgan fingerprint density at radius 1 is 1.04 bits per heavy atom. The van der Waals surface area contributed by atoms with Crippen LogP contribution < -0.4 is 10.9 Å². The first-order valence-corrected chi connectivity index (χ1v) is 8.98. The van der Waals surface area contributed by atoms with E-state index in [0.29, 0.717) is 17.3 Å². The van der Waals surface area contributed by atoms with Gasteiger partial charge in [-0.15, -0.1) is 0 Å². The molecule has 7 nitrogen and oxygen atoms in total. The molecule has 0 saturated heterocycles. The molecule has 0 radical (unpaired) electrons. The number of rotatable bonds is 6. The summed E-state index contributed by atoms with van der Waals surface area (Å²) in [7, 11) is 0. The Labute approximate surface area is 161 Å². The molecule has 2 aromatic carbocycles. The molecule has 1 aromatic heterocycles. The summed E-state index contributed by atoms with van der Waals surface area (Å²) in [6, 6.07) is 16.4. The van der Waals surface area contributed by atoms with Gasteiger partial charge in [-0.1, -0.05) is 55.5 Å². The van der Waals surface area contributed by atoms with Gasteiger partial charge in [0.1, 0.15) is 0 Å².